The Kier molecular flexibility index (Phi) is 5.85. The fourth-order valence-electron chi connectivity index (χ4n) is 4.48. The summed E-state index contributed by atoms with van der Waals surface area (Å²) in [5, 5.41) is 0. The zero-order chi connectivity index (χ0) is 23.7. The van der Waals surface area contributed by atoms with Crippen molar-refractivity contribution < 1.29 is 9.59 Å². The number of nitrogens with two attached hydrogens (primary N) is 1. The van der Waals surface area contributed by atoms with Gasteiger partial charge < -0.3 is 20.4 Å². The quantitative estimate of drug-likeness (QED) is 0.601. The van der Waals surface area contributed by atoms with Gasteiger partial charge >= 0.3 is 6.03 Å². The fourth-order valence-corrected chi connectivity index (χ4v) is 4.48. The molecule has 1 atom stereocenters. The number of nitrogens with zero attached hydrogens (tertiary/aromatic N) is 6. The molecule has 0 radical (unpaired) electrons. The Labute approximate surface area is 198 Å². The predicted octanol–water partition coefficient (Wildman–Crippen LogP) is 2.33. The number of amides is 2. The number of rotatable bonds is 4. The molecule has 1 fully saturated rings. The second kappa shape index (κ2) is 9.11. The molecule has 0 aliphatic carbocycles. The fraction of sp³-hybridized carbons (Fsp3) is 0.280. The van der Waals surface area contributed by atoms with Crippen LogP contribution in [-0.4, -0.2) is 66.6 Å². The molecule has 2 N–H and O–H groups in total. The molecule has 174 valence electrons. The van der Waals surface area contributed by atoms with Crippen LogP contribution in [0.5, 0.6) is 0 Å². The lowest BCUT2D eigenvalue weighted by Gasteiger charge is -2.38. The van der Waals surface area contributed by atoms with Gasteiger partial charge in [-0.25, -0.2) is 14.8 Å². The topological polar surface area (TPSA) is 98.9 Å². The number of hydrogen-bond acceptors (Lipinski definition) is 7. The van der Waals surface area contributed by atoms with Gasteiger partial charge in [0.2, 0.25) is 0 Å². The van der Waals surface area contributed by atoms with Crippen LogP contribution in [0.4, 0.5) is 22.0 Å². The third-order valence-electron chi connectivity index (χ3n) is 6.45. The van der Waals surface area contributed by atoms with Crippen LogP contribution in [0.25, 0.3) is 11.4 Å². The van der Waals surface area contributed by atoms with Crippen LogP contribution in [0.1, 0.15) is 5.56 Å². The Hall–Kier alpha value is -3.98. The lowest BCUT2D eigenvalue weighted by atomic mass is 10.2. The summed E-state index contributed by atoms with van der Waals surface area (Å²) in [5.74, 6) is 1.12. The van der Waals surface area contributed by atoms with Crippen molar-refractivity contribution >= 4 is 29.5 Å². The average molecular weight is 458 g/mol. The number of hydrogen-bond donors (Lipinski definition) is 1. The van der Waals surface area contributed by atoms with E-state index >= 15 is 0 Å². The first kappa shape index (κ1) is 21.8. The zero-order valence-corrected chi connectivity index (χ0v) is 19.0. The summed E-state index contributed by atoms with van der Waals surface area (Å²) in [6.07, 6.45) is 1.65. The molecule has 1 saturated heterocycles. The number of anilines is 3. The summed E-state index contributed by atoms with van der Waals surface area (Å²) in [6, 6.07) is 17.6. The molecule has 9 heteroatoms. The molecule has 0 spiro atoms. The molecular formula is C25H27N7O2. The minimum atomic E-state index is -0.760. The third kappa shape index (κ3) is 3.84. The predicted molar refractivity (Wildman–Crippen MR) is 132 cm³/mol. The molecule has 1 unspecified atom stereocenters. The van der Waals surface area contributed by atoms with Crippen LogP contribution >= 0.6 is 0 Å². The van der Waals surface area contributed by atoms with Crippen LogP contribution in [0.15, 0.2) is 60.8 Å². The van der Waals surface area contributed by atoms with Gasteiger partial charge in [0.05, 0.1) is 6.20 Å². The number of benzene rings is 2. The van der Waals surface area contributed by atoms with Gasteiger partial charge in [0.15, 0.2) is 24.1 Å². The first-order valence-electron chi connectivity index (χ1n) is 11.3. The van der Waals surface area contributed by atoms with Crippen molar-refractivity contribution in [1.82, 2.24) is 14.9 Å². The van der Waals surface area contributed by atoms with Gasteiger partial charge in [-0.15, -0.1) is 0 Å². The lowest BCUT2D eigenvalue weighted by molar-refractivity contribution is -0.108. The molecule has 2 amide bonds. The van der Waals surface area contributed by atoms with Crippen LogP contribution in [0.2, 0.25) is 0 Å². The number of aromatic nitrogens is 2. The van der Waals surface area contributed by atoms with Gasteiger partial charge in [0, 0.05) is 51.0 Å². The molecule has 2 aromatic carbocycles. The van der Waals surface area contributed by atoms with Crippen LogP contribution in [0, 0.1) is 0 Å². The van der Waals surface area contributed by atoms with E-state index < -0.39 is 6.17 Å². The number of carbonyl (C=O) groups excluding carboxylic acids is 2. The number of piperazine rings is 1. The summed E-state index contributed by atoms with van der Waals surface area (Å²) >= 11 is 0. The van der Waals surface area contributed by atoms with E-state index in [1.54, 1.807) is 23.0 Å². The number of likely N-dealkylation sites (N-methyl/N-ethyl adjacent to an activating group) is 1. The first-order chi connectivity index (χ1) is 16.6. The van der Waals surface area contributed by atoms with Crippen molar-refractivity contribution in [2.24, 2.45) is 5.73 Å². The van der Waals surface area contributed by atoms with E-state index in [0.717, 1.165) is 23.1 Å². The minimum absolute atomic E-state index is 0.211. The molecule has 5 rings (SSSR count). The van der Waals surface area contributed by atoms with Crippen molar-refractivity contribution in [3.05, 3.63) is 66.4 Å². The Morgan fingerprint density at radius 1 is 1.06 bits per heavy atom. The third-order valence-corrected chi connectivity index (χ3v) is 6.45. The van der Waals surface area contributed by atoms with E-state index in [-0.39, 0.29) is 6.03 Å². The number of carbonyl (C=O) groups is 2. The summed E-state index contributed by atoms with van der Waals surface area (Å²) in [7, 11) is 1.77. The van der Waals surface area contributed by atoms with E-state index in [4.69, 9.17) is 5.73 Å². The molecule has 34 heavy (non-hydrogen) atoms. The highest BCUT2D eigenvalue weighted by Crippen LogP contribution is 2.38. The molecule has 9 nitrogen and oxygen atoms in total. The molecule has 3 aromatic rings. The summed E-state index contributed by atoms with van der Waals surface area (Å²) in [6.45, 7) is 3.05. The van der Waals surface area contributed by atoms with Crippen molar-refractivity contribution in [2.45, 2.75) is 12.7 Å². The van der Waals surface area contributed by atoms with Crippen molar-refractivity contribution in [1.29, 1.82) is 0 Å². The van der Waals surface area contributed by atoms with Gasteiger partial charge in [0.25, 0.3) is 0 Å². The largest absolute Gasteiger partial charge is 0.368 e. The van der Waals surface area contributed by atoms with E-state index in [9.17, 15) is 9.59 Å². The summed E-state index contributed by atoms with van der Waals surface area (Å²) < 4.78 is 0. The lowest BCUT2D eigenvalue weighted by Crippen LogP contribution is -2.56. The maximum absolute atomic E-state index is 13.5. The summed E-state index contributed by atoms with van der Waals surface area (Å²) in [5.41, 5.74) is 9.32. The monoisotopic (exact) mass is 457 g/mol. The second-order valence-electron chi connectivity index (χ2n) is 8.43. The van der Waals surface area contributed by atoms with E-state index in [2.05, 4.69) is 27.0 Å². The van der Waals surface area contributed by atoms with Gasteiger partial charge in [-0.05, 0) is 17.7 Å². The van der Waals surface area contributed by atoms with Gasteiger partial charge in [-0.3, -0.25) is 9.69 Å². The first-order valence-corrected chi connectivity index (χ1v) is 11.3. The normalized spacial score (nSPS) is 17.6. The van der Waals surface area contributed by atoms with Crippen LogP contribution in [-0.2, 0) is 11.3 Å². The van der Waals surface area contributed by atoms with E-state index in [1.807, 2.05) is 42.5 Å². The summed E-state index contributed by atoms with van der Waals surface area (Å²) in [4.78, 5) is 42.0. The smallest absolute Gasteiger partial charge is 0.326 e. The molecule has 1 aromatic heterocycles. The second-order valence-corrected chi connectivity index (χ2v) is 8.43. The molecule has 3 heterocycles. The van der Waals surface area contributed by atoms with Crippen molar-refractivity contribution in [2.75, 3.05) is 47.9 Å². The molecular weight excluding hydrogens is 430 g/mol. The molecule has 0 bridgehead atoms. The Balaban J connectivity index is 1.34. The Morgan fingerprint density at radius 3 is 2.41 bits per heavy atom. The number of fused-ring (bicyclic) bond motifs is 1. The van der Waals surface area contributed by atoms with Crippen molar-refractivity contribution in [3.8, 4) is 11.4 Å². The van der Waals surface area contributed by atoms with E-state index in [1.165, 1.54) is 4.90 Å². The van der Waals surface area contributed by atoms with Gasteiger partial charge in [0.1, 0.15) is 5.69 Å². The van der Waals surface area contributed by atoms with E-state index in [0.29, 0.717) is 50.1 Å². The molecule has 2 aliphatic rings. The minimum Gasteiger partial charge on any atom is -0.368 e. The average Bonchev–Trinajstić information content (AvgIpc) is 3.19. The number of aldehydes is 1. The molecule has 0 saturated carbocycles. The molecule has 2 aliphatic heterocycles. The zero-order valence-electron chi connectivity index (χ0n) is 19.0. The highest BCUT2D eigenvalue weighted by atomic mass is 16.2. The maximum atomic E-state index is 13.5. The number of urea groups is 1. The van der Waals surface area contributed by atoms with Crippen LogP contribution < -0.4 is 20.4 Å². The van der Waals surface area contributed by atoms with Crippen LogP contribution in [0.3, 0.4) is 0 Å². The highest BCUT2D eigenvalue weighted by molar-refractivity contribution is 6.03. The standard InChI is InChI=1S/C25H27N7O2/c1-29-22(17-33)32(21-16-27-23(28-24(21)29)19-5-3-2-4-6-19)25(34)31-13-11-30(12-14-31)20-9-7-18(15-26)8-10-20/h2-10,16-17,22H,11-15,26H2,1H3. The van der Waals surface area contributed by atoms with Gasteiger partial charge in [-0.1, -0.05) is 42.5 Å². The maximum Gasteiger partial charge on any atom is 0.326 e. The Bertz CT molecular complexity index is 1180. The van der Waals surface area contributed by atoms with Crippen molar-refractivity contribution in [3.63, 3.8) is 0 Å². The van der Waals surface area contributed by atoms with Gasteiger partial charge in [-0.2, -0.15) is 0 Å². The highest BCUT2D eigenvalue weighted by Gasteiger charge is 2.41. The Morgan fingerprint density at radius 2 is 1.76 bits per heavy atom. The SMILES string of the molecule is CN1c2nc(-c3ccccc3)ncc2N(C(=O)N2CCN(c3ccc(CN)cc3)CC2)C1C=O.